The van der Waals surface area contributed by atoms with Crippen LogP contribution in [0.4, 0.5) is 0 Å². The Morgan fingerprint density at radius 3 is 2.66 bits per heavy atom. The predicted octanol–water partition coefficient (Wildman–Crippen LogP) is 4.91. The van der Waals surface area contributed by atoms with E-state index < -0.39 is 18.1 Å². The largest absolute Gasteiger partial charge is 0.507 e. The molecule has 8 heteroatoms. The Bertz CT molecular complexity index is 1190. The molecule has 1 fully saturated rings. The summed E-state index contributed by atoms with van der Waals surface area (Å²) < 4.78 is 12.1. The number of ether oxygens (including phenoxy) is 2. The highest BCUT2D eigenvalue weighted by Gasteiger charge is 2.39. The van der Waals surface area contributed by atoms with E-state index >= 15 is 0 Å². The van der Waals surface area contributed by atoms with Crippen LogP contribution < -0.4 is 4.74 Å². The van der Waals surface area contributed by atoms with Crippen LogP contribution in [0.5, 0.6) is 17.2 Å². The second kappa shape index (κ2) is 10.3. The van der Waals surface area contributed by atoms with Crippen LogP contribution in [-0.4, -0.2) is 52.4 Å². The zero-order valence-electron chi connectivity index (χ0n) is 20.0. The number of hydrogen-bond donors (Lipinski definition) is 3. The van der Waals surface area contributed by atoms with Crippen molar-refractivity contribution in [2.45, 2.75) is 44.8 Å². The molecule has 1 unspecified atom stereocenters. The van der Waals surface area contributed by atoms with Crippen LogP contribution in [0.3, 0.4) is 0 Å². The number of esters is 1. The van der Waals surface area contributed by atoms with Crippen LogP contribution in [0, 0.1) is 0 Å². The summed E-state index contributed by atoms with van der Waals surface area (Å²) in [4.78, 5) is 14.6. The monoisotopic (exact) mass is 499 g/mol. The molecule has 2 heterocycles. The summed E-state index contributed by atoms with van der Waals surface area (Å²) >= 11 is 6.36. The molecule has 0 aliphatic carbocycles. The smallest absolute Gasteiger partial charge is 0.309 e. The molecule has 3 atom stereocenters. The average molecular weight is 500 g/mol. The van der Waals surface area contributed by atoms with Crippen LogP contribution in [0.2, 0.25) is 5.02 Å². The Labute approximate surface area is 209 Å². The molecule has 0 spiro atoms. The summed E-state index contributed by atoms with van der Waals surface area (Å²) in [6.45, 7) is 5.00. The van der Waals surface area contributed by atoms with E-state index in [1.807, 2.05) is 27.0 Å². The SMILES string of the molecule is CC(C)=CCC(=O)O[C@@H]1CN(C)CC[C@@H]1c1c(O)cc(O)c2c1OC(c1ccccc1Cl)=CC2O. The Morgan fingerprint density at radius 1 is 1.23 bits per heavy atom. The van der Waals surface area contributed by atoms with Crippen molar-refractivity contribution < 1.29 is 29.6 Å². The predicted molar refractivity (Wildman–Crippen MR) is 134 cm³/mol. The van der Waals surface area contributed by atoms with Gasteiger partial charge in [0.05, 0.1) is 17.0 Å². The van der Waals surface area contributed by atoms with Gasteiger partial charge in [-0.2, -0.15) is 0 Å². The normalized spacial score (nSPS) is 22.0. The number of allylic oxidation sites excluding steroid dienone is 1. The fraction of sp³-hybridized carbons (Fsp3) is 0.370. The Morgan fingerprint density at radius 2 is 1.94 bits per heavy atom. The second-order valence-electron chi connectivity index (χ2n) is 9.30. The van der Waals surface area contributed by atoms with Gasteiger partial charge in [0.15, 0.2) is 0 Å². The molecule has 2 aromatic carbocycles. The van der Waals surface area contributed by atoms with Gasteiger partial charge in [-0.25, -0.2) is 0 Å². The molecular formula is C27H30ClNO6. The topological polar surface area (TPSA) is 99.5 Å². The van der Waals surface area contributed by atoms with Crippen molar-refractivity contribution in [2.24, 2.45) is 0 Å². The molecule has 2 aliphatic rings. The quantitative estimate of drug-likeness (QED) is 0.397. The van der Waals surface area contributed by atoms with E-state index in [0.29, 0.717) is 41.4 Å². The number of carbonyl (C=O) groups excluding carboxylic acids is 1. The van der Waals surface area contributed by atoms with Gasteiger partial charge in [0.25, 0.3) is 0 Å². The Hall–Kier alpha value is -3.00. The first kappa shape index (κ1) is 25.1. The maximum Gasteiger partial charge on any atom is 0.309 e. The zero-order chi connectivity index (χ0) is 25.3. The number of aliphatic hydroxyl groups is 1. The minimum atomic E-state index is -1.19. The number of fused-ring (bicyclic) bond motifs is 1. The van der Waals surface area contributed by atoms with Gasteiger partial charge in [0.1, 0.15) is 35.2 Å². The number of aliphatic hydroxyl groups excluding tert-OH is 1. The molecule has 2 aromatic rings. The van der Waals surface area contributed by atoms with Crippen LogP contribution in [0.1, 0.15) is 55.4 Å². The number of hydrogen-bond acceptors (Lipinski definition) is 7. The summed E-state index contributed by atoms with van der Waals surface area (Å²) in [6, 6.07) is 8.26. The highest BCUT2D eigenvalue weighted by atomic mass is 35.5. The van der Waals surface area contributed by atoms with Crippen LogP contribution >= 0.6 is 11.6 Å². The maximum absolute atomic E-state index is 12.6. The third kappa shape index (κ3) is 5.32. The number of rotatable bonds is 5. The molecule has 3 N–H and O–H groups in total. The van der Waals surface area contributed by atoms with Crippen molar-refractivity contribution in [3.8, 4) is 17.2 Å². The molecule has 186 valence electrons. The molecule has 35 heavy (non-hydrogen) atoms. The minimum Gasteiger partial charge on any atom is -0.507 e. The lowest BCUT2D eigenvalue weighted by atomic mass is 9.83. The maximum atomic E-state index is 12.6. The lowest BCUT2D eigenvalue weighted by molar-refractivity contribution is -0.151. The van der Waals surface area contributed by atoms with Crippen molar-refractivity contribution in [2.75, 3.05) is 20.1 Å². The van der Waals surface area contributed by atoms with Crippen molar-refractivity contribution in [1.29, 1.82) is 0 Å². The first-order valence-corrected chi connectivity index (χ1v) is 12.0. The molecule has 0 radical (unpaired) electrons. The fourth-order valence-corrected chi connectivity index (χ4v) is 4.85. The third-order valence-corrected chi connectivity index (χ3v) is 6.69. The van der Waals surface area contributed by atoms with Gasteiger partial charge in [0.2, 0.25) is 0 Å². The van der Waals surface area contributed by atoms with E-state index in [2.05, 4.69) is 4.90 Å². The number of nitrogens with zero attached hydrogens (tertiary/aromatic N) is 1. The van der Waals surface area contributed by atoms with E-state index in [0.717, 1.165) is 5.57 Å². The number of piperidine rings is 1. The molecule has 0 amide bonds. The molecule has 0 saturated carbocycles. The van der Waals surface area contributed by atoms with E-state index in [-0.39, 0.29) is 35.2 Å². The van der Waals surface area contributed by atoms with Crippen LogP contribution in [-0.2, 0) is 9.53 Å². The number of phenols is 2. The van der Waals surface area contributed by atoms with Gasteiger partial charge in [-0.15, -0.1) is 0 Å². The van der Waals surface area contributed by atoms with Gasteiger partial charge < -0.3 is 29.7 Å². The van der Waals surface area contributed by atoms with Gasteiger partial charge in [-0.3, -0.25) is 4.79 Å². The van der Waals surface area contributed by atoms with Crippen LogP contribution in [0.25, 0.3) is 5.76 Å². The average Bonchev–Trinajstić information content (AvgIpc) is 2.78. The number of halogens is 1. The number of likely N-dealkylation sites (tertiary alicyclic amines) is 1. The summed E-state index contributed by atoms with van der Waals surface area (Å²) in [7, 11) is 1.94. The summed E-state index contributed by atoms with van der Waals surface area (Å²) in [6.07, 6.45) is 2.27. The number of likely N-dealkylation sites (N-methyl/N-ethyl adjacent to an activating group) is 1. The molecular weight excluding hydrogens is 470 g/mol. The van der Waals surface area contributed by atoms with Gasteiger partial charge in [-0.05, 0) is 52.1 Å². The lowest BCUT2D eigenvalue weighted by Crippen LogP contribution is -2.43. The van der Waals surface area contributed by atoms with E-state index in [1.54, 1.807) is 24.3 Å². The van der Waals surface area contributed by atoms with Crippen molar-refractivity contribution in [3.05, 3.63) is 69.8 Å². The lowest BCUT2D eigenvalue weighted by Gasteiger charge is -2.38. The van der Waals surface area contributed by atoms with Crippen LogP contribution in [0.15, 0.2) is 48.1 Å². The van der Waals surface area contributed by atoms with E-state index in [4.69, 9.17) is 21.1 Å². The number of phenolic OH excluding ortho intramolecular Hbond substituents is 2. The molecule has 1 saturated heterocycles. The third-order valence-electron chi connectivity index (χ3n) is 6.36. The fourth-order valence-electron chi connectivity index (χ4n) is 4.62. The summed E-state index contributed by atoms with van der Waals surface area (Å²) in [5.74, 6) is -0.767. The zero-order valence-corrected chi connectivity index (χ0v) is 20.7. The molecule has 2 aliphatic heterocycles. The minimum absolute atomic E-state index is 0.155. The first-order valence-electron chi connectivity index (χ1n) is 11.6. The van der Waals surface area contributed by atoms with Gasteiger partial charge >= 0.3 is 5.97 Å². The van der Waals surface area contributed by atoms with Gasteiger partial charge in [0, 0.05) is 29.7 Å². The summed E-state index contributed by atoms with van der Waals surface area (Å²) in [5, 5.41) is 32.9. The Balaban J connectivity index is 1.75. The van der Waals surface area contributed by atoms with Gasteiger partial charge in [-0.1, -0.05) is 35.4 Å². The highest BCUT2D eigenvalue weighted by molar-refractivity contribution is 6.32. The van der Waals surface area contributed by atoms with E-state index in [1.165, 1.54) is 12.1 Å². The Kier molecular flexibility index (Phi) is 7.40. The molecule has 0 bridgehead atoms. The molecule has 7 nitrogen and oxygen atoms in total. The van der Waals surface area contributed by atoms with Crippen molar-refractivity contribution in [1.82, 2.24) is 4.90 Å². The standard InChI is InChI=1S/C27H30ClNO6/c1-15(2)8-9-24(33)34-23-14-29(3)11-10-17(23)25-19(30)12-20(31)26-21(32)13-22(35-27(25)26)16-6-4-5-7-18(16)28/h4-8,12-13,17,21,23,30-32H,9-11,14H2,1-3H3/t17-,21?,23+/m0/s1. The molecule has 0 aromatic heterocycles. The number of carbonyl (C=O) groups is 1. The van der Waals surface area contributed by atoms with Crippen molar-refractivity contribution in [3.63, 3.8) is 0 Å². The summed E-state index contributed by atoms with van der Waals surface area (Å²) in [5.41, 5.74) is 2.14. The number of benzene rings is 2. The van der Waals surface area contributed by atoms with Crippen molar-refractivity contribution >= 4 is 23.3 Å². The number of aromatic hydroxyl groups is 2. The molecule has 4 rings (SSSR count). The van der Waals surface area contributed by atoms with E-state index in [9.17, 15) is 20.1 Å². The second-order valence-corrected chi connectivity index (χ2v) is 9.71. The first-order chi connectivity index (χ1) is 16.7. The highest BCUT2D eigenvalue weighted by Crippen LogP contribution is 2.51.